The van der Waals surface area contributed by atoms with E-state index in [9.17, 15) is 14.4 Å². The summed E-state index contributed by atoms with van der Waals surface area (Å²) in [5.41, 5.74) is 4.21. The Morgan fingerprint density at radius 2 is 1.63 bits per heavy atom. The fraction of sp³-hybridized carbons (Fsp3) is 0.214. The van der Waals surface area contributed by atoms with Gasteiger partial charge in [-0.05, 0) is 57.0 Å². The molecule has 0 spiro atoms. The molecule has 3 heterocycles. The smallest absolute Gasteiger partial charge is 0.262 e. The van der Waals surface area contributed by atoms with Gasteiger partial charge in [0, 0.05) is 35.0 Å². The lowest BCUT2D eigenvalue weighted by Gasteiger charge is -2.22. The second-order valence-corrected chi connectivity index (χ2v) is 9.13. The lowest BCUT2D eigenvalue weighted by molar-refractivity contribution is -0.123. The molecule has 2 aromatic carbocycles. The quantitative estimate of drug-likeness (QED) is 0.207. The average Bonchev–Trinajstić information content (AvgIpc) is 3.41. The number of hydrogen-bond acceptors (Lipinski definition) is 6. The van der Waals surface area contributed by atoms with E-state index < -0.39 is 23.8 Å². The Kier molecular flexibility index (Phi) is 6.69. The molecule has 5 rings (SSSR count). The highest BCUT2D eigenvalue weighted by Gasteiger charge is 2.40. The number of nitrogens with one attached hydrogen (secondary N) is 3. The third-order valence-electron chi connectivity index (χ3n) is 6.37. The van der Waals surface area contributed by atoms with Crippen molar-refractivity contribution in [3.63, 3.8) is 0 Å². The molecule has 10 heteroatoms. The maximum absolute atomic E-state index is 13.2. The number of aromatic amines is 1. The summed E-state index contributed by atoms with van der Waals surface area (Å²) >= 11 is 0. The molecule has 192 valence electrons. The zero-order chi connectivity index (χ0) is 26.8. The van der Waals surface area contributed by atoms with Crippen molar-refractivity contribution < 1.29 is 14.4 Å². The van der Waals surface area contributed by atoms with Crippen LogP contribution in [0.3, 0.4) is 0 Å². The van der Waals surface area contributed by atoms with Crippen LogP contribution in [0.2, 0.25) is 0 Å². The number of carbonyl (C=O) groups excluding carboxylic acids is 3. The Morgan fingerprint density at radius 1 is 1.00 bits per heavy atom. The first kappa shape index (κ1) is 24.8. The van der Waals surface area contributed by atoms with Crippen molar-refractivity contribution in [1.29, 1.82) is 0 Å². The number of para-hydroxylation sites is 1. The van der Waals surface area contributed by atoms with Crippen LogP contribution in [0.5, 0.6) is 0 Å². The zero-order valence-corrected chi connectivity index (χ0v) is 21.3. The van der Waals surface area contributed by atoms with Crippen molar-refractivity contribution in [1.82, 2.24) is 25.2 Å². The number of aliphatic imine (C=N–C) groups is 1. The fourth-order valence-electron chi connectivity index (χ4n) is 4.52. The molecule has 0 saturated carbocycles. The van der Waals surface area contributed by atoms with E-state index in [-0.39, 0.29) is 23.0 Å². The second kappa shape index (κ2) is 10.3. The van der Waals surface area contributed by atoms with E-state index in [1.807, 2.05) is 50.4 Å². The normalized spacial score (nSPS) is 14.1. The zero-order valence-electron chi connectivity index (χ0n) is 21.3. The minimum absolute atomic E-state index is 0.128. The number of rotatable bonds is 6. The number of hydrogen-bond donors (Lipinski definition) is 3. The highest BCUT2D eigenvalue weighted by atomic mass is 16.2. The molecule has 4 aromatic rings. The number of imide groups is 1. The van der Waals surface area contributed by atoms with E-state index in [1.54, 1.807) is 24.3 Å². The molecule has 38 heavy (non-hydrogen) atoms. The van der Waals surface area contributed by atoms with Gasteiger partial charge >= 0.3 is 0 Å². The average molecular weight is 510 g/mol. The molecular formula is C28H27N7O3. The number of benzene rings is 2. The number of aromatic nitrogens is 3. The van der Waals surface area contributed by atoms with Gasteiger partial charge in [-0.2, -0.15) is 0 Å². The molecule has 3 N–H and O–H groups in total. The van der Waals surface area contributed by atoms with Gasteiger partial charge in [-0.3, -0.25) is 34.9 Å². The van der Waals surface area contributed by atoms with Crippen LogP contribution in [0.4, 0.5) is 5.95 Å². The first-order valence-electron chi connectivity index (χ1n) is 12.3. The number of fused-ring (bicyclic) bond motifs is 2. The van der Waals surface area contributed by atoms with E-state index in [4.69, 9.17) is 0 Å². The van der Waals surface area contributed by atoms with Gasteiger partial charge in [-0.1, -0.05) is 30.3 Å². The minimum Gasteiger partial charge on any atom is -0.361 e. The Labute approximate surface area is 219 Å². The third kappa shape index (κ3) is 4.88. The Balaban J connectivity index is 1.35. The first-order chi connectivity index (χ1) is 18.3. The maximum atomic E-state index is 13.2. The molecular weight excluding hydrogens is 482 g/mol. The number of H-pyrrole nitrogens is 1. The second-order valence-electron chi connectivity index (χ2n) is 9.13. The molecule has 0 saturated heterocycles. The van der Waals surface area contributed by atoms with Crippen LogP contribution in [-0.2, 0) is 11.2 Å². The van der Waals surface area contributed by atoms with E-state index in [1.165, 1.54) is 6.92 Å². The SMILES string of the molecule is Cc1cc(C)nc(NC(=NCCc2c[nH]c3ccccc23)NC(=O)C(C)N2C(=O)c3ccccc3C2=O)n1. The predicted molar refractivity (Wildman–Crippen MR) is 144 cm³/mol. The van der Waals surface area contributed by atoms with Gasteiger partial charge in [0.2, 0.25) is 17.8 Å². The Morgan fingerprint density at radius 3 is 2.32 bits per heavy atom. The molecule has 1 atom stereocenters. The summed E-state index contributed by atoms with van der Waals surface area (Å²) in [6.45, 7) is 5.55. The summed E-state index contributed by atoms with van der Waals surface area (Å²) in [5, 5.41) is 6.84. The highest BCUT2D eigenvalue weighted by molar-refractivity contribution is 6.23. The molecule has 3 amide bonds. The number of aryl methyl sites for hydroxylation is 2. The molecule has 1 aliphatic heterocycles. The van der Waals surface area contributed by atoms with Crippen LogP contribution in [0.1, 0.15) is 44.6 Å². The van der Waals surface area contributed by atoms with Gasteiger partial charge in [-0.15, -0.1) is 0 Å². The summed E-state index contributed by atoms with van der Waals surface area (Å²) in [5.74, 6) is -1.17. The van der Waals surface area contributed by atoms with Crippen LogP contribution in [0.15, 0.2) is 65.8 Å². The van der Waals surface area contributed by atoms with Crippen molar-refractivity contribution >= 4 is 40.5 Å². The molecule has 0 radical (unpaired) electrons. The predicted octanol–water partition coefficient (Wildman–Crippen LogP) is 3.39. The molecule has 1 unspecified atom stereocenters. The van der Waals surface area contributed by atoms with Crippen LogP contribution < -0.4 is 10.6 Å². The van der Waals surface area contributed by atoms with Crippen molar-refractivity contribution in [2.45, 2.75) is 33.2 Å². The van der Waals surface area contributed by atoms with Crippen molar-refractivity contribution in [2.75, 3.05) is 11.9 Å². The standard InChI is InChI=1S/C28H27N7O3/c1-16-14-17(2)32-28(31-16)34-27(29-13-12-19-15-30-23-11-7-6-8-20(19)23)33-24(36)18(3)35-25(37)21-9-4-5-10-22(21)26(35)38/h4-11,14-15,18,30H,12-13H2,1-3H3,(H2,29,31,32,33,34,36). The molecule has 10 nitrogen and oxygen atoms in total. The molecule has 0 fully saturated rings. The first-order valence-corrected chi connectivity index (χ1v) is 12.3. The van der Waals surface area contributed by atoms with Crippen molar-refractivity contribution in [2.24, 2.45) is 4.99 Å². The van der Waals surface area contributed by atoms with Crippen molar-refractivity contribution in [3.05, 3.63) is 88.9 Å². The molecule has 2 aromatic heterocycles. The van der Waals surface area contributed by atoms with E-state index in [0.717, 1.165) is 32.8 Å². The summed E-state index contributed by atoms with van der Waals surface area (Å²) in [6, 6.07) is 15.3. The molecule has 0 bridgehead atoms. The van der Waals surface area contributed by atoms with Gasteiger partial charge in [0.25, 0.3) is 11.8 Å². The lowest BCUT2D eigenvalue weighted by Crippen LogP contribution is -2.50. The van der Waals surface area contributed by atoms with Gasteiger partial charge < -0.3 is 4.98 Å². The van der Waals surface area contributed by atoms with Crippen LogP contribution in [0.25, 0.3) is 10.9 Å². The summed E-state index contributed by atoms with van der Waals surface area (Å²) in [6.07, 6.45) is 2.57. The van der Waals surface area contributed by atoms with E-state index in [2.05, 4.69) is 30.6 Å². The lowest BCUT2D eigenvalue weighted by atomic mass is 10.1. The Bertz CT molecular complexity index is 1540. The van der Waals surface area contributed by atoms with Crippen molar-refractivity contribution in [3.8, 4) is 0 Å². The monoisotopic (exact) mass is 509 g/mol. The number of nitrogens with zero attached hydrogens (tertiary/aromatic N) is 4. The largest absolute Gasteiger partial charge is 0.361 e. The van der Waals surface area contributed by atoms with Crippen LogP contribution in [-0.4, -0.2) is 56.1 Å². The number of anilines is 1. The van der Waals surface area contributed by atoms with Gasteiger partial charge in [0.15, 0.2) is 0 Å². The topological polar surface area (TPSA) is 132 Å². The van der Waals surface area contributed by atoms with E-state index in [0.29, 0.717) is 13.0 Å². The number of amides is 3. The highest BCUT2D eigenvalue weighted by Crippen LogP contribution is 2.24. The van der Waals surface area contributed by atoms with Gasteiger partial charge in [-0.25, -0.2) is 9.97 Å². The van der Waals surface area contributed by atoms with Crippen LogP contribution in [0, 0.1) is 13.8 Å². The third-order valence-corrected chi connectivity index (χ3v) is 6.37. The van der Waals surface area contributed by atoms with E-state index >= 15 is 0 Å². The summed E-state index contributed by atoms with van der Waals surface area (Å²) in [7, 11) is 0. The van der Waals surface area contributed by atoms with Gasteiger partial charge in [0.1, 0.15) is 6.04 Å². The number of carbonyl (C=O) groups is 3. The fourth-order valence-corrected chi connectivity index (χ4v) is 4.52. The van der Waals surface area contributed by atoms with Crippen LogP contribution >= 0.6 is 0 Å². The van der Waals surface area contributed by atoms with Gasteiger partial charge in [0.05, 0.1) is 11.1 Å². The summed E-state index contributed by atoms with van der Waals surface area (Å²) < 4.78 is 0. The molecule has 0 aliphatic carbocycles. The minimum atomic E-state index is -1.07. The summed E-state index contributed by atoms with van der Waals surface area (Å²) in [4.78, 5) is 56.5. The Hall–Kier alpha value is -4.86. The number of guanidine groups is 1. The molecule has 1 aliphatic rings. The maximum Gasteiger partial charge on any atom is 0.262 e.